The molecule has 0 aliphatic rings. The van der Waals surface area contributed by atoms with Crippen LogP contribution in [0.15, 0.2) is 22.7 Å². The van der Waals surface area contributed by atoms with Gasteiger partial charge >= 0.3 is 0 Å². The van der Waals surface area contributed by atoms with E-state index in [0.29, 0.717) is 5.75 Å². The molecule has 0 bridgehead atoms. The minimum absolute atomic E-state index is 0.0143. The van der Waals surface area contributed by atoms with Gasteiger partial charge in [0.15, 0.2) is 6.61 Å². The highest BCUT2D eigenvalue weighted by Gasteiger charge is 2.18. The number of carbonyl (C=O) groups excluding carboxylic acids is 1. The van der Waals surface area contributed by atoms with Crippen LogP contribution in [0.25, 0.3) is 0 Å². The van der Waals surface area contributed by atoms with Crippen molar-refractivity contribution in [2.45, 2.75) is 45.7 Å². The number of nitrogens with one attached hydrogen (secondary N) is 1. The Kier molecular flexibility index (Phi) is 6.02. The second-order valence-corrected chi connectivity index (χ2v) is 6.46. The Morgan fingerprint density at radius 1 is 1.50 bits per heavy atom. The lowest BCUT2D eigenvalue weighted by molar-refractivity contribution is -0.124. The summed E-state index contributed by atoms with van der Waals surface area (Å²) in [5.74, 6) is 0.506. The second-order valence-electron chi connectivity index (χ2n) is 5.55. The fourth-order valence-electron chi connectivity index (χ4n) is 1.65. The van der Waals surface area contributed by atoms with E-state index >= 15 is 0 Å². The Hall–Kier alpha value is -1.07. The molecular weight excluding hydrogens is 320 g/mol. The Balaban J connectivity index is 2.70. The smallest absolute Gasteiger partial charge is 0.258 e. The van der Waals surface area contributed by atoms with Crippen molar-refractivity contribution in [3.05, 3.63) is 28.2 Å². The zero-order valence-electron chi connectivity index (χ0n) is 12.5. The average molecular weight is 343 g/mol. The third-order valence-corrected chi connectivity index (χ3v) is 3.68. The van der Waals surface area contributed by atoms with E-state index in [4.69, 9.17) is 10.5 Å². The van der Waals surface area contributed by atoms with Gasteiger partial charge < -0.3 is 15.8 Å². The molecule has 20 heavy (non-hydrogen) atoms. The summed E-state index contributed by atoms with van der Waals surface area (Å²) in [4.78, 5) is 11.9. The molecule has 0 unspecified atom stereocenters. The predicted molar refractivity (Wildman–Crippen MR) is 84.8 cm³/mol. The molecule has 0 saturated heterocycles. The number of halogens is 1. The van der Waals surface area contributed by atoms with Crippen LogP contribution in [0.1, 0.15) is 45.7 Å². The van der Waals surface area contributed by atoms with E-state index in [1.54, 1.807) is 0 Å². The molecule has 3 N–H and O–H groups in total. The molecule has 1 rings (SSSR count). The quantitative estimate of drug-likeness (QED) is 0.834. The molecule has 0 heterocycles. The van der Waals surface area contributed by atoms with Gasteiger partial charge in [-0.15, -0.1) is 0 Å². The van der Waals surface area contributed by atoms with Crippen molar-refractivity contribution < 1.29 is 9.53 Å². The number of carbonyl (C=O) groups is 1. The van der Waals surface area contributed by atoms with Crippen LogP contribution < -0.4 is 15.8 Å². The minimum Gasteiger partial charge on any atom is -0.483 e. The van der Waals surface area contributed by atoms with Gasteiger partial charge in [0.2, 0.25) is 0 Å². The number of hydrogen-bond acceptors (Lipinski definition) is 3. The van der Waals surface area contributed by atoms with Crippen LogP contribution in [-0.4, -0.2) is 18.1 Å². The van der Waals surface area contributed by atoms with E-state index in [1.165, 1.54) is 0 Å². The van der Waals surface area contributed by atoms with Crippen LogP contribution in [0.2, 0.25) is 0 Å². The van der Waals surface area contributed by atoms with Crippen LogP contribution in [0.5, 0.6) is 5.75 Å². The standard InChI is InChI=1S/C15H23BrN2O2/c1-5-15(3,4)18-14(19)9-20-13-8-11(16)6-7-12(13)10(2)17/h6-8,10H,5,9,17H2,1-4H3,(H,18,19)/t10-/m1/s1. The van der Waals surface area contributed by atoms with Crippen LogP contribution >= 0.6 is 15.9 Å². The van der Waals surface area contributed by atoms with E-state index in [9.17, 15) is 4.79 Å². The van der Waals surface area contributed by atoms with Gasteiger partial charge in [0, 0.05) is 21.6 Å². The van der Waals surface area contributed by atoms with Crippen molar-refractivity contribution in [2.75, 3.05) is 6.61 Å². The molecular formula is C15H23BrN2O2. The maximum atomic E-state index is 11.9. The maximum Gasteiger partial charge on any atom is 0.258 e. The van der Waals surface area contributed by atoms with Gasteiger partial charge in [0.25, 0.3) is 5.91 Å². The highest BCUT2D eigenvalue weighted by Crippen LogP contribution is 2.27. The lowest BCUT2D eigenvalue weighted by atomic mass is 10.0. The van der Waals surface area contributed by atoms with Crippen molar-refractivity contribution in [2.24, 2.45) is 5.73 Å². The van der Waals surface area contributed by atoms with Crippen LogP contribution in [0, 0.1) is 0 Å². The number of benzene rings is 1. The highest BCUT2D eigenvalue weighted by atomic mass is 79.9. The molecule has 0 aliphatic carbocycles. The van der Waals surface area contributed by atoms with Crippen LogP contribution in [-0.2, 0) is 4.79 Å². The highest BCUT2D eigenvalue weighted by molar-refractivity contribution is 9.10. The fraction of sp³-hybridized carbons (Fsp3) is 0.533. The van der Waals surface area contributed by atoms with Gasteiger partial charge in [0.05, 0.1) is 0 Å². The SMILES string of the molecule is CCC(C)(C)NC(=O)COc1cc(Br)ccc1[C@@H](C)N. The largest absolute Gasteiger partial charge is 0.483 e. The number of ether oxygens (including phenoxy) is 1. The van der Waals surface area contributed by atoms with Crippen molar-refractivity contribution in [1.82, 2.24) is 5.32 Å². The fourth-order valence-corrected chi connectivity index (χ4v) is 1.99. The first kappa shape index (κ1) is 17.0. The van der Waals surface area contributed by atoms with Crippen LogP contribution in [0.4, 0.5) is 0 Å². The number of rotatable bonds is 6. The zero-order chi connectivity index (χ0) is 15.3. The van der Waals surface area contributed by atoms with Gasteiger partial charge in [-0.05, 0) is 39.3 Å². The first-order valence-corrected chi connectivity index (χ1v) is 7.53. The molecule has 1 amide bonds. The molecule has 4 nitrogen and oxygen atoms in total. The van der Waals surface area contributed by atoms with E-state index in [2.05, 4.69) is 21.2 Å². The van der Waals surface area contributed by atoms with Gasteiger partial charge in [-0.3, -0.25) is 4.79 Å². The monoisotopic (exact) mass is 342 g/mol. The minimum atomic E-state index is -0.221. The zero-order valence-corrected chi connectivity index (χ0v) is 14.1. The van der Waals surface area contributed by atoms with E-state index < -0.39 is 0 Å². The first-order chi connectivity index (χ1) is 9.25. The summed E-state index contributed by atoms with van der Waals surface area (Å²) in [5, 5.41) is 2.93. The lowest BCUT2D eigenvalue weighted by Gasteiger charge is -2.24. The van der Waals surface area contributed by atoms with E-state index in [1.807, 2.05) is 45.9 Å². The topological polar surface area (TPSA) is 64.3 Å². The molecule has 0 saturated carbocycles. The maximum absolute atomic E-state index is 11.9. The average Bonchev–Trinajstić information content (AvgIpc) is 2.35. The van der Waals surface area contributed by atoms with Crippen molar-refractivity contribution in [1.29, 1.82) is 0 Å². The summed E-state index contributed by atoms with van der Waals surface area (Å²) >= 11 is 3.39. The second kappa shape index (κ2) is 7.09. The summed E-state index contributed by atoms with van der Waals surface area (Å²) in [5.41, 5.74) is 6.56. The molecule has 112 valence electrons. The number of hydrogen-bond donors (Lipinski definition) is 2. The predicted octanol–water partition coefficient (Wildman–Crippen LogP) is 3.15. The molecule has 0 spiro atoms. The Morgan fingerprint density at radius 2 is 2.15 bits per heavy atom. The molecule has 0 aromatic heterocycles. The Labute approximate surface area is 129 Å². The third kappa shape index (κ3) is 5.13. The summed E-state index contributed by atoms with van der Waals surface area (Å²) in [6, 6.07) is 5.49. The molecule has 5 heteroatoms. The van der Waals surface area contributed by atoms with Gasteiger partial charge in [-0.2, -0.15) is 0 Å². The van der Waals surface area contributed by atoms with Gasteiger partial charge in [-0.25, -0.2) is 0 Å². The summed E-state index contributed by atoms with van der Waals surface area (Å²) < 4.78 is 6.50. The molecule has 0 radical (unpaired) electrons. The molecule has 1 atom stereocenters. The molecule has 0 aliphatic heterocycles. The van der Waals surface area contributed by atoms with Gasteiger partial charge in [-0.1, -0.05) is 28.9 Å². The van der Waals surface area contributed by atoms with Gasteiger partial charge in [0.1, 0.15) is 5.75 Å². The van der Waals surface area contributed by atoms with Crippen LogP contribution in [0.3, 0.4) is 0 Å². The Bertz CT molecular complexity index is 473. The Morgan fingerprint density at radius 3 is 2.70 bits per heavy atom. The first-order valence-electron chi connectivity index (χ1n) is 6.74. The summed E-state index contributed by atoms with van der Waals surface area (Å²) in [7, 11) is 0. The summed E-state index contributed by atoms with van der Waals surface area (Å²) in [6.45, 7) is 7.87. The number of nitrogens with two attached hydrogens (primary N) is 1. The van der Waals surface area contributed by atoms with E-state index in [-0.39, 0.29) is 24.1 Å². The number of amides is 1. The lowest BCUT2D eigenvalue weighted by Crippen LogP contribution is -2.44. The molecule has 1 aromatic rings. The van der Waals surface area contributed by atoms with Crippen molar-refractivity contribution >= 4 is 21.8 Å². The third-order valence-electron chi connectivity index (χ3n) is 3.19. The normalized spacial score (nSPS) is 12.9. The van der Waals surface area contributed by atoms with Crippen molar-refractivity contribution in [3.8, 4) is 5.75 Å². The van der Waals surface area contributed by atoms with E-state index in [0.717, 1.165) is 16.5 Å². The molecule has 1 aromatic carbocycles. The summed E-state index contributed by atoms with van der Waals surface area (Å²) in [6.07, 6.45) is 0.862. The van der Waals surface area contributed by atoms with Crippen molar-refractivity contribution in [3.63, 3.8) is 0 Å². The molecule has 0 fully saturated rings.